The molecular weight excluding hydrogens is 429 g/mol. The molecule has 0 bridgehead atoms. The molecule has 0 aliphatic heterocycles. The van der Waals surface area contributed by atoms with Gasteiger partial charge in [-0.3, -0.25) is 9.10 Å². The zero-order chi connectivity index (χ0) is 20.9. The fraction of sp³-hybridized carbons (Fsp3) is 0.222. The second kappa shape index (κ2) is 9.27. The van der Waals surface area contributed by atoms with E-state index in [0.717, 1.165) is 4.31 Å². The lowest BCUT2D eigenvalue weighted by Gasteiger charge is -2.24. The van der Waals surface area contributed by atoms with E-state index in [9.17, 15) is 18.0 Å². The highest BCUT2D eigenvalue weighted by molar-refractivity contribution is 7.92. The standard InChI is InChI=1S/C18H17Cl2NO6S/c1-3-27-17(22)11-21(28(24,25)14-7-4-12(19)5-8-14)13-6-9-16(20)15(10-13)18(23)26-2/h4-10H,3,11H2,1-2H3. The summed E-state index contributed by atoms with van der Waals surface area (Å²) in [5.74, 6) is -1.50. The number of hydrogen-bond donors (Lipinski definition) is 0. The molecule has 0 N–H and O–H groups in total. The molecule has 0 heterocycles. The maximum atomic E-state index is 13.1. The van der Waals surface area contributed by atoms with Gasteiger partial charge in [-0.05, 0) is 49.4 Å². The third kappa shape index (κ3) is 4.95. The highest BCUT2D eigenvalue weighted by Gasteiger charge is 2.29. The first-order valence-electron chi connectivity index (χ1n) is 8.02. The second-order valence-electron chi connectivity index (χ2n) is 5.43. The maximum Gasteiger partial charge on any atom is 0.339 e. The van der Waals surface area contributed by atoms with Crippen LogP contribution in [0.3, 0.4) is 0 Å². The molecule has 0 unspecified atom stereocenters. The van der Waals surface area contributed by atoms with Crippen molar-refractivity contribution in [2.75, 3.05) is 24.6 Å². The Morgan fingerprint density at radius 3 is 2.29 bits per heavy atom. The lowest BCUT2D eigenvalue weighted by Crippen LogP contribution is -2.36. The predicted octanol–water partition coefficient (Wildman–Crippen LogP) is 3.54. The molecule has 0 radical (unpaired) electrons. The molecule has 0 saturated heterocycles. The van der Waals surface area contributed by atoms with E-state index in [4.69, 9.17) is 27.9 Å². The average Bonchev–Trinajstić information content (AvgIpc) is 2.66. The Labute approximate surface area is 172 Å². The van der Waals surface area contributed by atoms with Crippen molar-refractivity contribution in [2.24, 2.45) is 0 Å². The summed E-state index contributed by atoms with van der Waals surface area (Å²) in [7, 11) is -2.99. The lowest BCUT2D eigenvalue weighted by molar-refractivity contribution is -0.141. The van der Waals surface area contributed by atoms with Gasteiger partial charge >= 0.3 is 11.9 Å². The number of nitrogens with zero attached hydrogens (tertiary/aromatic N) is 1. The molecule has 2 aromatic carbocycles. The third-order valence-electron chi connectivity index (χ3n) is 3.62. The van der Waals surface area contributed by atoms with Crippen molar-refractivity contribution in [3.05, 3.63) is 58.1 Å². The van der Waals surface area contributed by atoms with Crippen LogP contribution in [0.5, 0.6) is 0 Å². The minimum absolute atomic E-state index is 0.0400. The number of hydrogen-bond acceptors (Lipinski definition) is 6. The normalized spacial score (nSPS) is 11.0. The van der Waals surface area contributed by atoms with Gasteiger partial charge in [0.2, 0.25) is 0 Å². The molecule has 0 fully saturated rings. The van der Waals surface area contributed by atoms with Crippen LogP contribution in [-0.4, -0.2) is 40.6 Å². The van der Waals surface area contributed by atoms with Crippen LogP contribution in [0.15, 0.2) is 47.4 Å². The summed E-state index contributed by atoms with van der Waals surface area (Å²) in [4.78, 5) is 23.9. The number of benzene rings is 2. The molecule has 0 atom stereocenters. The van der Waals surface area contributed by atoms with Gasteiger partial charge in [-0.1, -0.05) is 23.2 Å². The highest BCUT2D eigenvalue weighted by atomic mass is 35.5. The van der Waals surface area contributed by atoms with E-state index < -0.39 is 28.5 Å². The average molecular weight is 446 g/mol. The first kappa shape index (κ1) is 22.0. The van der Waals surface area contributed by atoms with Crippen LogP contribution in [-0.2, 0) is 24.3 Å². The number of halogens is 2. The molecule has 2 aromatic rings. The minimum Gasteiger partial charge on any atom is -0.465 e. The molecule has 10 heteroatoms. The Balaban J connectivity index is 2.58. The topological polar surface area (TPSA) is 90.0 Å². The number of methoxy groups -OCH3 is 1. The monoisotopic (exact) mass is 445 g/mol. The summed E-state index contributed by atoms with van der Waals surface area (Å²) in [5, 5.41) is 0.436. The molecule has 150 valence electrons. The highest BCUT2D eigenvalue weighted by Crippen LogP contribution is 2.29. The Morgan fingerprint density at radius 2 is 1.71 bits per heavy atom. The number of esters is 2. The van der Waals surface area contributed by atoms with Gasteiger partial charge in [-0.2, -0.15) is 0 Å². The summed E-state index contributed by atoms with van der Waals surface area (Å²) in [6, 6.07) is 9.42. The largest absolute Gasteiger partial charge is 0.465 e. The molecule has 7 nitrogen and oxygen atoms in total. The van der Waals surface area contributed by atoms with Gasteiger partial charge in [-0.25, -0.2) is 13.2 Å². The summed E-state index contributed by atoms with van der Waals surface area (Å²) < 4.78 is 36.7. The van der Waals surface area contributed by atoms with Gasteiger partial charge in [0, 0.05) is 5.02 Å². The van der Waals surface area contributed by atoms with Gasteiger partial charge in [0.15, 0.2) is 0 Å². The van der Waals surface area contributed by atoms with E-state index in [0.29, 0.717) is 5.02 Å². The number of sulfonamides is 1. The quantitative estimate of drug-likeness (QED) is 0.605. The number of rotatable bonds is 7. The van der Waals surface area contributed by atoms with E-state index in [1.807, 2.05) is 0 Å². The van der Waals surface area contributed by atoms with Crippen molar-refractivity contribution < 1.29 is 27.5 Å². The molecular formula is C18H17Cl2NO6S. The first-order valence-corrected chi connectivity index (χ1v) is 10.2. The summed E-state index contributed by atoms with van der Waals surface area (Å²) >= 11 is 11.8. The maximum absolute atomic E-state index is 13.1. The minimum atomic E-state index is -4.17. The van der Waals surface area contributed by atoms with Gasteiger partial charge < -0.3 is 9.47 Å². The van der Waals surface area contributed by atoms with Gasteiger partial charge in [0.1, 0.15) is 6.54 Å². The zero-order valence-corrected chi connectivity index (χ0v) is 17.3. The molecule has 0 aromatic heterocycles. The molecule has 0 spiro atoms. The van der Waals surface area contributed by atoms with Crippen LogP contribution in [0.1, 0.15) is 17.3 Å². The van der Waals surface area contributed by atoms with Gasteiger partial charge in [0.25, 0.3) is 10.0 Å². The van der Waals surface area contributed by atoms with Crippen molar-refractivity contribution in [2.45, 2.75) is 11.8 Å². The summed E-state index contributed by atoms with van der Waals surface area (Å²) in [6.45, 7) is 1.09. The fourth-order valence-electron chi connectivity index (χ4n) is 2.31. The van der Waals surface area contributed by atoms with Gasteiger partial charge in [0.05, 0.1) is 34.9 Å². The third-order valence-corrected chi connectivity index (χ3v) is 5.99. The Kier molecular flexibility index (Phi) is 7.29. The second-order valence-corrected chi connectivity index (χ2v) is 8.13. The molecule has 0 aliphatic rings. The predicted molar refractivity (Wildman–Crippen MR) is 105 cm³/mol. The van der Waals surface area contributed by atoms with Gasteiger partial charge in [-0.15, -0.1) is 0 Å². The molecule has 0 saturated carbocycles. The molecule has 0 aliphatic carbocycles. The Hall–Kier alpha value is -2.29. The number of ether oxygens (including phenoxy) is 2. The van der Waals surface area contributed by atoms with Crippen LogP contribution in [0.25, 0.3) is 0 Å². The van der Waals surface area contributed by atoms with Crippen LogP contribution < -0.4 is 4.31 Å². The fourth-order valence-corrected chi connectivity index (χ4v) is 4.03. The lowest BCUT2D eigenvalue weighted by atomic mass is 10.2. The number of anilines is 1. The summed E-state index contributed by atoms with van der Waals surface area (Å²) in [5.41, 5.74) is 0.00892. The van der Waals surface area contributed by atoms with Crippen molar-refractivity contribution in [1.82, 2.24) is 0 Å². The van der Waals surface area contributed by atoms with Crippen LogP contribution >= 0.6 is 23.2 Å². The number of carbonyl (C=O) groups is 2. The van der Waals surface area contributed by atoms with E-state index >= 15 is 0 Å². The molecule has 2 rings (SSSR count). The molecule has 28 heavy (non-hydrogen) atoms. The van der Waals surface area contributed by atoms with Crippen molar-refractivity contribution in [3.8, 4) is 0 Å². The van der Waals surface area contributed by atoms with E-state index in [1.54, 1.807) is 6.92 Å². The van der Waals surface area contributed by atoms with Crippen molar-refractivity contribution in [3.63, 3.8) is 0 Å². The van der Waals surface area contributed by atoms with Crippen molar-refractivity contribution in [1.29, 1.82) is 0 Å². The smallest absolute Gasteiger partial charge is 0.339 e. The van der Waals surface area contributed by atoms with Crippen LogP contribution in [0, 0.1) is 0 Å². The van der Waals surface area contributed by atoms with E-state index in [2.05, 4.69) is 4.74 Å². The van der Waals surface area contributed by atoms with Crippen molar-refractivity contribution >= 4 is 50.9 Å². The Bertz CT molecular complexity index is 976. The van der Waals surface area contributed by atoms with E-state index in [-0.39, 0.29) is 27.8 Å². The Morgan fingerprint density at radius 1 is 1.07 bits per heavy atom. The van der Waals surface area contributed by atoms with E-state index in [1.165, 1.54) is 49.6 Å². The molecule has 0 amide bonds. The summed E-state index contributed by atoms with van der Waals surface area (Å²) in [6.07, 6.45) is 0. The SMILES string of the molecule is CCOC(=O)CN(c1ccc(Cl)c(C(=O)OC)c1)S(=O)(=O)c1ccc(Cl)cc1. The van der Waals surface area contributed by atoms with Crippen LogP contribution in [0.2, 0.25) is 10.0 Å². The first-order chi connectivity index (χ1) is 13.2. The number of carbonyl (C=O) groups excluding carboxylic acids is 2. The zero-order valence-electron chi connectivity index (χ0n) is 15.0. The van der Waals surface area contributed by atoms with Crippen LogP contribution in [0.4, 0.5) is 5.69 Å².